The number of nitrogens with zero attached hydrogens (tertiary/aromatic N) is 2. The van der Waals surface area contributed by atoms with E-state index in [9.17, 15) is 14.4 Å². The van der Waals surface area contributed by atoms with Crippen molar-refractivity contribution in [3.8, 4) is 0 Å². The molecule has 1 N–H and O–H groups in total. The van der Waals surface area contributed by atoms with Crippen LogP contribution < -0.4 is 0 Å². The number of carboxylic acids is 1. The van der Waals surface area contributed by atoms with Crippen molar-refractivity contribution >= 4 is 17.8 Å². The van der Waals surface area contributed by atoms with Crippen LogP contribution in [0.25, 0.3) is 0 Å². The standard InChI is InChI=1S/C11H18N2O4/c1-12(9(14)3-4-11(16)17)6-8-5-10(15)13(2)7-8/h8H,3-7H2,1-2H3,(H,16,17)/t8-/m0/s1. The number of carboxylic acid groups (broad SMARTS) is 1. The normalized spacial score (nSPS) is 19.5. The van der Waals surface area contributed by atoms with Crippen molar-refractivity contribution in [2.45, 2.75) is 19.3 Å². The molecule has 0 radical (unpaired) electrons. The van der Waals surface area contributed by atoms with Crippen molar-refractivity contribution in [3.63, 3.8) is 0 Å². The topological polar surface area (TPSA) is 77.9 Å². The zero-order valence-corrected chi connectivity index (χ0v) is 10.2. The monoisotopic (exact) mass is 242 g/mol. The Balaban J connectivity index is 2.34. The van der Waals surface area contributed by atoms with E-state index in [1.54, 1.807) is 19.0 Å². The fourth-order valence-electron chi connectivity index (χ4n) is 1.97. The minimum Gasteiger partial charge on any atom is -0.481 e. The van der Waals surface area contributed by atoms with Crippen LogP contribution in [0.3, 0.4) is 0 Å². The van der Waals surface area contributed by atoms with Gasteiger partial charge in [0, 0.05) is 45.9 Å². The molecule has 0 aliphatic carbocycles. The molecule has 1 fully saturated rings. The third-order valence-corrected chi connectivity index (χ3v) is 2.93. The minimum atomic E-state index is -0.970. The fourth-order valence-corrected chi connectivity index (χ4v) is 1.97. The fraction of sp³-hybridized carbons (Fsp3) is 0.727. The molecule has 0 aromatic rings. The van der Waals surface area contributed by atoms with E-state index in [4.69, 9.17) is 5.11 Å². The van der Waals surface area contributed by atoms with Crippen LogP contribution in [0, 0.1) is 5.92 Å². The van der Waals surface area contributed by atoms with Crippen LogP contribution in [0.5, 0.6) is 0 Å². The molecule has 0 spiro atoms. The number of hydrogen-bond donors (Lipinski definition) is 1. The van der Waals surface area contributed by atoms with Crippen molar-refractivity contribution in [2.75, 3.05) is 27.2 Å². The maximum Gasteiger partial charge on any atom is 0.303 e. The Morgan fingerprint density at radius 2 is 2.12 bits per heavy atom. The first-order valence-electron chi connectivity index (χ1n) is 5.60. The highest BCUT2D eigenvalue weighted by atomic mass is 16.4. The second-order valence-corrected chi connectivity index (χ2v) is 4.51. The number of carbonyl (C=O) groups excluding carboxylic acids is 2. The van der Waals surface area contributed by atoms with Crippen LogP contribution in [0.2, 0.25) is 0 Å². The quantitative estimate of drug-likeness (QED) is 0.723. The molecule has 1 aliphatic rings. The molecule has 96 valence electrons. The van der Waals surface area contributed by atoms with Gasteiger partial charge in [-0.25, -0.2) is 0 Å². The van der Waals surface area contributed by atoms with Gasteiger partial charge in [-0.1, -0.05) is 0 Å². The largest absolute Gasteiger partial charge is 0.481 e. The minimum absolute atomic E-state index is 0.0162. The molecular weight excluding hydrogens is 224 g/mol. The average Bonchev–Trinajstić information content (AvgIpc) is 2.54. The first kappa shape index (κ1) is 13.5. The van der Waals surface area contributed by atoms with E-state index in [-0.39, 0.29) is 30.6 Å². The molecule has 0 aromatic carbocycles. The summed E-state index contributed by atoms with van der Waals surface area (Å²) < 4.78 is 0. The Morgan fingerprint density at radius 3 is 2.59 bits per heavy atom. The third-order valence-electron chi connectivity index (χ3n) is 2.93. The lowest BCUT2D eigenvalue weighted by Crippen LogP contribution is -2.32. The van der Waals surface area contributed by atoms with Gasteiger partial charge in [-0.3, -0.25) is 14.4 Å². The number of likely N-dealkylation sites (tertiary alicyclic amines) is 1. The third kappa shape index (κ3) is 4.05. The van der Waals surface area contributed by atoms with Gasteiger partial charge in [0.1, 0.15) is 0 Å². The van der Waals surface area contributed by atoms with E-state index in [0.29, 0.717) is 19.5 Å². The van der Waals surface area contributed by atoms with Crippen molar-refractivity contribution in [1.82, 2.24) is 9.80 Å². The van der Waals surface area contributed by atoms with E-state index in [2.05, 4.69) is 0 Å². The summed E-state index contributed by atoms with van der Waals surface area (Å²) >= 11 is 0. The van der Waals surface area contributed by atoms with Gasteiger partial charge >= 0.3 is 5.97 Å². The summed E-state index contributed by atoms with van der Waals surface area (Å²) in [5, 5.41) is 8.48. The van der Waals surface area contributed by atoms with E-state index in [1.165, 1.54) is 4.90 Å². The molecule has 2 amide bonds. The molecule has 1 aliphatic heterocycles. The van der Waals surface area contributed by atoms with Crippen LogP contribution >= 0.6 is 0 Å². The maximum absolute atomic E-state index is 11.6. The van der Waals surface area contributed by atoms with Crippen molar-refractivity contribution < 1.29 is 19.5 Å². The molecule has 0 aromatic heterocycles. The molecule has 0 saturated carbocycles. The van der Waals surface area contributed by atoms with Crippen molar-refractivity contribution in [1.29, 1.82) is 0 Å². The summed E-state index contributed by atoms with van der Waals surface area (Å²) in [5.74, 6) is -0.899. The summed E-state index contributed by atoms with van der Waals surface area (Å²) in [4.78, 5) is 36.4. The summed E-state index contributed by atoms with van der Waals surface area (Å²) in [7, 11) is 3.39. The van der Waals surface area contributed by atoms with Crippen molar-refractivity contribution in [3.05, 3.63) is 0 Å². The summed E-state index contributed by atoms with van der Waals surface area (Å²) in [5.41, 5.74) is 0. The zero-order chi connectivity index (χ0) is 13.0. The van der Waals surface area contributed by atoms with Gasteiger partial charge in [-0.2, -0.15) is 0 Å². The highest BCUT2D eigenvalue weighted by Gasteiger charge is 2.28. The predicted octanol–water partition coefficient (Wildman–Crippen LogP) is -0.212. The molecule has 1 saturated heterocycles. The first-order valence-corrected chi connectivity index (χ1v) is 5.60. The predicted molar refractivity (Wildman–Crippen MR) is 60.3 cm³/mol. The second-order valence-electron chi connectivity index (χ2n) is 4.51. The number of hydrogen-bond acceptors (Lipinski definition) is 3. The molecule has 0 unspecified atom stereocenters. The lowest BCUT2D eigenvalue weighted by atomic mass is 10.1. The van der Waals surface area contributed by atoms with Gasteiger partial charge in [0.05, 0.1) is 6.42 Å². The lowest BCUT2D eigenvalue weighted by molar-refractivity contribution is -0.140. The van der Waals surface area contributed by atoms with Gasteiger partial charge in [0.25, 0.3) is 0 Å². The van der Waals surface area contributed by atoms with Gasteiger partial charge in [-0.05, 0) is 0 Å². The van der Waals surface area contributed by atoms with E-state index >= 15 is 0 Å². The Kier molecular flexibility index (Phi) is 4.48. The molecule has 0 bridgehead atoms. The SMILES string of the molecule is CN(C[C@@H]1CC(=O)N(C)C1)C(=O)CCC(=O)O. The Morgan fingerprint density at radius 1 is 1.47 bits per heavy atom. The first-order chi connectivity index (χ1) is 7.90. The van der Waals surface area contributed by atoms with E-state index in [1.807, 2.05) is 0 Å². The van der Waals surface area contributed by atoms with E-state index in [0.717, 1.165) is 0 Å². The smallest absolute Gasteiger partial charge is 0.303 e. The molecule has 6 nitrogen and oxygen atoms in total. The molecule has 1 heterocycles. The van der Waals surface area contributed by atoms with Crippen LogP contribution in [-0.4, -0.2) is 59.9 Å². The number of amides is 2. The maximum atomic E-state index is 11.6. The second kappa shape index (κ2) is 5.65. The summed E-state index contributed by atoms with van der Waals surface area (Å²) in [6, 6.07) is 0. The molecule has 17 heavy (non-hydrogen) atoms. The molecule has 1 rings (SSSR count). The number of aliphatic carboxylic acids is 1. The average molecular weight is 242 g/mol. The Labute approximate surface area is 100 Å². The summed E-state index contributed by atoms with van der Waals surface area (Å²) in [6.07, 6.45) is 0.335. The van der Waals surface area contributed by atoms with Gasteiger partial charge in [-0.15, -0.1) is 0 Å². The Bertz CT molecular complexity index is 329. The zero-order valence-electron chi connectivity index (χ0n) is 10.2. The number of rotatable bonds is 5. The lowest BCUT2D eigenvalue weighted by Gasteiger charge is -2.20. The molecular formula is C11H18N2O4. The molecule has 1 atom stereocenters. The Hall–Kier alpha value is -1.59. The number of carbonyl (C=O) groups is 3. The van der Waals surface area contributed by atoms with Crippen LogP contribution in [0.15, 0.2) is 0 Å². The van der Waals surface area contributed by atoms with Crippen LogP contribution in [-0.2, 0) is 14.4 Å². The summed E-state index contributed by atoms with van der Waals surface area (Å²) in [6.45, 7) is 1.17. The van der Waals surface area contributed by atoms with Gasteiger partial charge in [0.15, 0.2) is 0 Å². The molecule has 6 heteroatoms. The highest BCUT2D eigenvalue weighted by Crippen LogP contribution is 2.17. The van der Waals surface area contributed by atoms with Gasteiger partial charge < -0.3 is 14.9 Å². The van der Waals surface area contributed by atoms with E-state index < -0.39 is 5.97 Å². The van der Waals surface area contributed by atoms with Crippen molar-refractivity contribution in [2.24, 2.45) is 5.92 Å². The highest BCUT2D eigenvalue weighted by molar-refractivity contribution is 5.81. The van der Waals surface area contributed by atoms with Crippen LogP contribution in [0.4, 0.5) is 0 Å². The van der Waals surface area contributed by atoms with Crippen LogP contribution in [0.1, 0.15) is 19.3 Å². The van der Waals surface area contributed by atoms with Gasteiger partial charge in [0.2, 0.25) is 11.8 Å².